The second-order valence-electron chi connectivity index (χ2n) is 5.89. The Morgan fingerprint density at radius 2 is 1.56 bits per heavy atom. The van der Waals surface area contributed by atoms with Gasteiger partial charge in [0.1, 0.15) is 0 Å². The first-order valence-electron chi connectivity index (χ1n) is 8.14. The van der Waals surface area contributed by atoms with E-state index >= 15 is 0 Å². The van der Waals surface area contributed by atoms with Crippen LogP contribution >= 0.6 is 0 Å². The summed E-state index contributed by atoms with van der Waals surface area (Å²) in [7, 11) is 0. The fourth-order valence-electron chi connectivity index (χ4n) is 2.67. The van der Waals surface area contributed by atoms with Gasteiger partial charge in [0.05, 0.1) is 5.56 Å². The minimum Gasteiger partial charge on any atom is -0.481 e. The molecule has 0 fully saturated rings. The lowest BCUT2D eigenvalue weighted by Gasteiger charge is -2.19. The maximum Gasteiger partial charge on any atom is 0.303 e. The molecule has 0 aliphatic carbocycles. The monoisotopic (exact) mass is 339 g/mol. The van der Waals surface area contributed by atoms with Crippen molar-refractivity contribution < 1.29 is 19.5 Å². The van der Waals surface area contributed by atoms with Gasteiger partial charge >= 0.3 is 5.97 Å². The average Bonchev–Trinajstić information content (AvgIpc) is 2.60. The van der Waals surface area contributed by atoms with Crippen LogP contribution in [0.1, 0.15) is 46.0 Å². The molecule has 25 heavy (non-hydrogen) atoms. The number of hydrogen-bond donors (Lipinski definition) is 2. The lowest BCUT2D eigenvalue weighted by molar-refractivity contribution is -0.137. The van der Waals surface area contributed by atoms with Crippen molar-refractivity contribution in [2.45, 2.75) is 32.2 Å². The van der Waals surface area contributed by atoms with Crippen molar-refractivity contribution in [3.63, 3.8) is 0 Å². The molecule has 0 aliphatic heterocycles. The zero-order chi connectivity index (χ0) is 18.2. The van der Waals surface area contributed by atoms with Gasteiger partial charge in [0, 0.05) is 18.0 Å². The number of carboxylic acid groups (broad SMARTS) is 1. The van der Waals surface area contributed by atoms with Crippen LogP contribution in [0.2, 0.25) is 0 Å². The minimum atomic E-state index is -0.906. The van der Waals surface area contributed by atoms with Crippen molar-refractivity contribution in [3.8, 4) is 0 Å². The van der Waals surface area contributed by atoms with Gasteiger partial charge in [-0.2, -0.15) is 0 Å². The number of ketones is 1. The molecule has 1 atom stereocenters. The third-order valence-electron chi connectivity index (χ3n) is 3.92. The van der Waals surface area contributed by atoms with E-state index < -0.39 is 5.97 Å². The summed E-state index contributed by atoms with van der Waals surface area (Å²) in [6, 6.07) is 15.9. The fourth-order valence-corrected chi connectivity index (χ4v) is 2.67. The Kier molecular flexibility index (Phi) is 6.46. The molecule has 0 bridgehead atoms. The molecule has 5 heteroatoms. The van der Waals surface area contributed by atoms with Crippen LogP contribution < -0.4 is 5.32 Å². The Morgan fingerprint density at radius 3 is 2.16 bits per heavy atom. The summed E-state index contributed by atoms with van der Waals surface area (Å²) in [6.07, 6.45) is 0.812. The molecular formula is C20H21NO4. The fraction of sp³-hybridized carbons (Fsp3) is 0.250. The molecule has 5 nitrogen and oxygen atoms in total. The van der Waals surface area contributed by atoms with Gasteiger partial charge in [-0.15, -0.1) is 0 Å². The number of aliphatic carboxylic acids is 1. The lowest BCUT2D eigenvalue weighted by Crippen LogP contribution is -2.37. The third-order valence-corrected chi connectivity index (χ3v) is 3.92. The Morgan fingerprint density at radius 1 is 0.960 bits per heavy atom. The predicted octanol–water partition coefficient (Wildman–Crippen LogP) is 3.10. The van der Waals surface area contributed by atoms with Crippen molar-refractivity contribution in [3.05, 3.63) is 71.3 Å². The Balaban J connectivity index is 2.16. The van der Waals surface area contributed by atoms with Gasteiger partial charge < -0.3 is 10.4 Å². The largest absolute Gasteiger partial charge is 0.481 e. The van der Waals surface area contributed by atoms with E-state index in [-0.39, 0.29) is 24.2 Å². The van der Waals surface area contributed by atoms with Gasteiger partial charge in [-0.3, -0.25) is 14.4 Å². The van der Waals surface area contributed by atoms with Crippen LogP contribution in [0.4, 0.5) is 0 Å². The molecular weight excluding hydrogens is 318 g/mol. The minimum absolute atomic E-state index is 0.0356. The first-order valence-corrected chi connectivity index (χ1v) is 8.14. The number of carboxylic acids is 1. The molecule has 0 spiro atoms. The number of nitrogens with one attached hydrogen (secondary N) is 1. The van der Waals surface area contributed by atoms with Gasteiger partial charge in [-0.1, -0.05) is 48.5 Å². The highest BCUT2D eigenvalue weighted by Gasteiger charge is 2.19. The lowest BCUT2D eigenvalue weighted by atomic mass is 9.99. The van der Waals surface area contributed by atoms with Crippen molar-refractivity contribution in [2.75, 3.05) is 0 Å². The molecule has 0 aromatic heterocycles. The van der Waals surface area contributed by atoms with Crippen LogP contribution in [-0.2, 0) is 11.2 Å². The van der Waals surface area contributed by atoms with Crippen LogP contribution in [0.3, 0.4) is 0 Å². The van der Waals surface area contributed by atoms with E-state index in [1.165, 1.54) is 6.92 Å². The number of benzene rings is 2. The van der Waals surface area contributed by atoms with Crippen LogP contribution in [-0.4, -0.2) is 28.8 Å². The number of rotatable bonds is 8. The Hall–Kier alpha value is -2.95. The number of carbonyl (C=O) groups is 3. The topological polar surface area (TPSA) is 83.5 Å². The van der Waals surface area contributed by atoms with E-state index in [0.717, 1.165) is 5.56 Å². The maximum absolute atomic E-state index is 12.6. The quantitative estimate of drug-likeness (QED) is 0.724. The molecule has 1 amide bonds. The van der Waals surface area contributed by atoms with Crippen molar-refractivity contribution in [1.82, 2.24) is 5.32 Å². The molecule has 1 unspecified atom stereocenters. The zero-order valence-corrected chi connectivity index (χ0v) is 14.1. The maximum atomic E-state index is 12.6. The highest BCUT2D eigenvalue weighted by atomic mass is 16.4. The van der Waals surface area contributed by atoms with E-state index in [9.17, 15) is 14.4 Å². The van der Waals surface area contributed by atoms with Crippen molar-refractivity contribution >= 4 is 17.7 Å². The molecule has 0 saturated heterocycles. The predicted molar refractivity (Wildman–Crippen MR) is 94.7 cm³/mol. The van der Waals surface area contributed by atoms with E-state index in [0.29, 0.717) is 24.0 Å². The van der Waals surface area contributed by atoms with Crippen LogP contribution in [0, 0.1) is 0 Å². The summed E-state index contributed by atoms with van der Waals surface area (Å²) in [5.41, 5.74) is 1.68. The van der Waals surface area contributed by atoms with Gasteiger partial charge in [-0.25, -0.2) is 0 Å². The molecule has 0 aliphatic rings. The number of carbonyl (C=O) groups excluding carboxylic acids is 2. The van der Waals surface area contributed by atoms with E-state index in [1.807, 2.05) is 30.3 Å². The van der Waals surface area contributed by atoms with E-state index in [4.69, 9.17) is 5.11 Å². The second kappa shape index (κ2) is 8.78. The molecule has 2 N–H and O–H groups in total. The van der Waals surface area contributed by atoms with Gasteiger partial charge in [0.2, 0.25) is 0 Å². The first-order chi connectivity index (χ1) is 12.0. The number of hydrogen-bond acceptors (Lipinski definition) is 3. The second-order valence-corrected chi connectivity index (χ2v) is 5.89. The standard InChI is InChI=1S/C20H21NO4/c1-14(22)17-9-5-6-10-18(17)20(25)21-16(11-12-19(23)24)13-15-7-3-2-4-8-15/h2-10,16H,11-13H2,1H3,(H,21,25)(H,23,24). The van der Waals surface area contributed by atoms with E-state index in [2.05, 4.69) is 5.32 Å². The van der Waals surface area contributed by atoms with Crippen LogP contribution in [0.15, 0.2) is 54.6 Å². The van der Waals surface area contributed by atoms with Crippen LogP contribution in [0.5, 0.6) is 0 Å². The van der Waals surface area contributed by atoms with Gasteiger partial charge in [0.25, 0.3) is 5.91 Å². The molecule has 0 saturated carbocycles. The Bertz CT molecular complexity index is 755. The molecule has 2 rings (SSSR count). The molecule has 130 valence electrons. The number of Topliss-reactive ketones (excluding diaryl/α,β-unsaturated/α-hetero) is 1. The highest BCUT2D eigenvalue weighted by Crippen LogP contribution is 2.13. The average molecular weight is 339 g/mol. The van der Waals surface area contributed by atoms with E-state index in [1.54, 1.807) is 24.3 Å². The van der Waals surface area contributed by atoms with Gasteiger partial charge in [0.15, 0.2) is 5.78 Å². The molecule has 2 aromatic carbocycles. The summed E-state index contributed by atoms with van der Waals surface area (Å²) in [5, 5.41) is 11.8. The van der Waals surface area contributed by atoms with Crippen LogP contribution in [0.25, 0.3) is 0 Å². The third kappa shape index (κ3) is 5.57. The molecule has 2 aromatic rings. The SMILES string of the molecule is CC(=O)c1ccccc1C(=O)NC(CCC(=O)O)Cc1ccccc1. The molecule has 0 heterocycles. The normalized spacial score (nSPS) is 11.6. The summed E-state index contributed by atoms with van der Waals surface area (Å²) in [4.78, 5) is 35.2. The summed E-state index contributed by atoms with van der Waals surface area (Å²) in [6.45, 7) is 1.41. The summed E-state index contributed by atoms with van der Waals surface area (Å²) < 4.78 is 0. The van der Waals surface area contributed by atoms with Gasteiger partial charge in [-0.05, 0) is 31.4 Å². The first kappa shape index (κ1) is 18.4. The van der Waals surface area contributed by atoms with Crippen molar-refractivity contribution in [1.29, 1.82) is 0 Å². The smallest absolute Gasteiger partial charge is 0.303 e. The number of amides is 1. The molecule has 0 radical (unpaired) electrons. The zero-order valence-electron chi connectivity index (χ0n) is 14.1. The highest BCUT2D eigenvalue weighted by molar-refractivity contribution is 6.07. The summed E-state index contributed by atoms with van der Waals surface area (Å²) >= 11 is 0. The van der Waals surface area contributed by atoms with Crippen molar-refractivity contribution in [2.24, 2.45) is 0 Å². The summed E-state index contributed by atoms with van der Waals surface area (Å²) in [5.74, 6) is -1.45. The Labute approximate surface area is 146 Å².